The van der Waals surface area contributed by atoms with Crippen LogP contribution < -0.4 is 10.6 Å². The van der Waals surface area contributed by atoms with Crippen molar-refractivity contribution in [1.82, 2.24) is 10.6 Å². The normalized spacial score (nSPS) is 11.5. The molecule has 0 aliphatic carbocycles. The van der Waals surface area contributed by atoms with Crippen molar-refractivity contribution in [2.75, 3.05) is 6.54 Å². The molecular weight excluding hydrogens is 356 g/mol. The number of benzene rings is 2. The van der Waals surface area contributed by atoms with Crippen molar-refractivity contribution >= 4 is 17.8 Å². The van der Waals surface area contributed by atoms with Gasteiger partial charge in [-0.1, -0.05) is 60.7 Å². The highest BCUT2D eigenvalue weighted by Gasteiger charge is 2.20. The van der Waals surface area contributed by atoms with E-state index in [9.17, 15) is 14.4 Å². The fourth-order valence-corrected chi connectivity index (χ4v) is 2.68. The minimum Gasteiger partial charge on any atom is -0.463 e. The molecule has 2 amide bonds. The first-order valence-electron chi connectivity index (χ1n) is 9.28. The van der Waals surface area contributed by atoms with Gasteiger partial charge >= 0.3 is 5.97 Å². The molecule has 0 aromatic heterocycles. The zero-order chi connectivity index (χ0) is 20.4. The number of carbonyl (C=O) groups excluding carboxylic acids is 3. The standard InChI is InChI=1S/C22H26N2O4/c1-16(2)28-22(27)14-19(18-11-7-4-8-12-18)24-21(26)15-23-20(25)13-17-9-5-3-6-10-17/h3-12,16,19H,13-15H2,1-2H3,(H,23,25)(H,24,26). The van der Waals surface area contributed by atoms with Gasteiger partial charge in [-0.2, -0.15) is 0 Å². The second-order valence-electron chi connectivity index (χ2n) is 6.71. The largest absolute Gasteiger partial charge is 0.463 e. The third-order valence-corrected chi connectivity index (χ3v) is 3.93. The average molecular weight is 382 g/mol. The lowest BCUT2D eigenvalue weighted by atomic mass is 10.0. The Balaban J connectivity index is 1.90. The Labute approximate surface area is 165 Å². The highest BCUT2D eigenvalue weighted by atomic mass is 16.5. The van der Waals surface area contributed by atoms with E-state index >= 15 is 0 Å². The molecule has 6 nitrogen and oxygen atoms in total. The Hall–Kier alpha value is -3.15. The molecule has 1 unspecified atom stereocenters. The molecule has 0 spiro atoms. The first-order chi connectivity index (χ1) is 13.4. The quantitative estimate of drug-likeness (QED) is 0.653. The number of carbonyl (C=O) groups is 3. The predicted molar refractivity (Wildman–Crippen MR) is 106 cm³/mol. The molecule has 1 atom stereocenters. The Morgan fingerprint density at radius 3 is 2.11 bits per heavy atom. The molecule has 2 rings (SSSR count). The molecule has 0 fully saturated rings. The van der Waals surface area contributed by atoms with Crippen molar-refractivity contribution in [1.29, 1.82) is 0 Å². The van der Waals surface area contributed by atoms with Crippen LogP contribution in [0.4, 0.5) is 0 Å². The zero-order valence-electron chi connectivity index (χ0n) is 16.2. The summed E-state index contributed by atoms with van der Waals surface area (Å²) in [6.07, 6.45) is -0.0000500. The fourth-order valence-electron chi connectivity index (χ4n) is 2.68. The minimum absolute atomic E-state index is 0.0197. The molecule has 6 heteroatoms. The van der Waals surface area contributed by atoms with Gasteiger partial charge in [0.15, 0.2) is 0 Å². The van der Waals surface area contributed by atoms with Crippen molar-refractivity contribution < 1.29 is 19.1 Å². The number of nitrogens with one attached hydrogen (secondary N) is 2. The Morgan fingerprint density at radius 2 is 1.50 bits per heavy atom. The molecule has 0 saturated heterocycles. The van der Waals surface area contributed by atoms with Crippen LogP contribution in [-0.4, -0.2) is 30.4 Å². The monoisotopic (exact) mass is 382 g/mol. The van der Waals surface area contributed by atoms with Crippen molar-refractivity contribution in [3.8, 4) is 0 Å². The number of ether oxygens (including phenoxy) is 1. The first kappa shape index (κ1) is 21.2. The Kier molecular flexibility index (Phi) is 8.21. The van der Waals surface area contributed by atoms with Crippen LogP contribution in [0, 0.1) is 0 Å². The summed E-state index contributed by atoms with van der Waals surface area (Å²) in [7, 11) is 0. The molecule has 148 valence electrons. The van der Waals surface area contributed by atoms with Gasteiger partial charge in [0, 0.05) is 0 Å². The molecule has 0 aliphatic rings. The summed E-state index contributed by atoms with van der Waals surface area (Å²) in [5, 5.41) is 5.41. The fraction of sp³-hybridized carbons (Fsp3) is 0.318. The molecule has 2 N–H and O–H groups in total. The van der Waals surface area contributed by atoms with E-state index in [0.29, 0.717) is 0 Å². The molecular formula is C22H26N2O4. The maximum absolute atomic E-state index is 12.3. The summed E-state index contributed by atoms with van der Waals surface area (Å²) in [6, 6.07) is 18.0. The van der Waals surface area contributed by atoms with Crippen LogP contribution in [0.1, 0.15) is 37.4 Å². The highest BCUT2D eigenvalue weighted by molar-refractivity contribution is 5.86. The van der Waals surface area contributed by atoms with E-state index in [-0.39, 0.29) is 37.3 Å². The number of hydrogen-bond acceptors (Lipinski definition) is 4. The van der Waals surface area contributed by atoms with Gasteiger partial charge in [0.25, 0.3) is 0 Å². The van der Waals surface area contributed by atoms with Crippen LogP contribution in [0.15, 0.2) is 60.7 Å². The van der Waals surface area contributed by atoms with Gasteiger partial charge in [-0.05, 0) is 25.0 Å². The highest BCUT2D eigenvalue weighted by Crippen LogP contribution is 2.17. The summed E-state index contributed by atoms with van der Waals surface area (Å²) in [5.74, 6) is -0.998. The molecule has 0 saturated carbocycles. The molecule has 0 radical (unpaired) electrons. The summed E-state index contributed by atoms with van der Waals surface area (Å²) in [4.78, 5) is 36.4. The van der Waals surface area contributed by atoms with Crippen LogP contribution in [0.25, 0.3) is 0 Å². The van der Waals surface area contributed by atoms with Gasteiger partial charge in [0.2, 0.25) is 11.8 Å². The molecule has 0 heterocycles. The molecule has 2 aromatic rings. The lowest BCUT2D eigenvalue weighted by Crippen LogP contribution is -2.40. The third kappa shape index (κ3) is 7.61. The van der Waals surface area contributed by atoms with E-state index in [1.165, 1.54) is 0 Å². The predicted octanol–water partition coefficient (Wildman–Crippen LogP) is 2.54. The number of hydrogen-bond donors (Lipinski definition) is 2. The van der Waals surface area contributed by atoms with E-state index in [1.807, 2.05) is 60.7 Å². The van der Waals surface area contributed by atoms with Crippen LogP contribution >= 0.6 is 0 Å². The van der Waals surface area contributed by atoms with Crippen LogP contribution in [0.3, 0.4) is 0 Å². The number of rotatable bonds is 9. The van der Waals surface area contributed by atoms with Crippen molar-refractivity contribution in [3.63, 3.8) is 0 Å². The molecule has 0 aliphatic heterocycles. The van der Waals surface area contributed by atoms with Crippen LogP contribution in [0.5, 0.6) is 0 Å². The van der Waals surface area contributed by atoms with E-state index in [2.05, 4.69) is 10.6 Å². The Morgan fingerprint density at radius 1 is 0.893 bits per heavy atom. The van der Waals surface area contributed by atoms with E-state index < -0.39 is 12.0 Å². The topological polar surface area (TPSA) is 84.5 Å². The molecule has 28 heavy (non-hydrogen) atoms. The van der Waals surface area contributed by atoms with Crippen molar-refractivity contribution in [3.05, 3.63) is 71.8 Å². The lowest BCUT2D eigenvalue weighted by Gasteiger charge is -2.19. The summed E-state index contributed by atoms with van der Waals surface area (Å²) in [6.45, 7) is 3.39. The van der Waals surface area contributed by atoms with Gasteiger partial charge in [-0.25, -0.2) is 0 Å². The summed E-state index contributed by atoms with van der Waals surface area (Å²) >= 11 is 0. The van der Waals surface area contributed by atoms with Gasteiger partial charge in [-0.15, -0.1) is 0 Å². The maximum Gasteiger partial charge on any atom is 0.308 e. The second-order valence-corrected chi connectivity index (χ2v) is 6.71. The van der Waals surface area contributed by atoms with Crippen LogP contribution in [-0.2, 0) is 25.5 Å². The minimum atomic E-state index is -0.522. The van der Waals surface area contributed by atoms with Gasteiger partial charge in [0.1, 0.15) is 0 Å². The van der Waals surface area contributed by atoms with E-state index in [0.717, 1.165) is 11.1 Å². The summed E-state index contributed by atoms with van der Waals surface area (Å²) in [5.41, 5.74) is 1.67. The maximum atomic E-state index is 12.3. The molecule has 2 aromatic carbocycles. The van der Waals surface area contributed by atoms with E-state index in [1.54, 1.807) is 13.8 Å². The van der Waals surface area contributed by atoms with Gasteiger partial charge in [-0.3, -0.25) is 14.4 Å². The van der Waals surface area contributed by atoms with Gasteiger partial charge < -0.3 is 15.4 Å². The molecule has 0 bridgehead atoms. The van der Waals surface area contributed by atoms with E-state index in [4.69, 9.17) is 4.74 Å². The third-order valence-electron chi connectivity index (χ3n) is 3.93. The van der Waals surface area contributed by atoms with Crippen molar-refractivity contribution in [2.45, 2.75) is 38.8 Å². The smallest absolute Gasteiger partial charge is 0.308 e. The summed E-state index contributed by atoms with van der Waals surface area (Å²) < 4.78 is 5.19. The van der Waals surface area contributed by atoms with Crippen LogP contribution in [0.2, 0.25) is 0 Å². The second kappa shape index (κ2) is 10.9. The van der Waals surface area contributed by atoms with Gasteiger partial charge in [0.05, 0.1) is 31.5 Å². The number of amides is 2. The lowest BCUT2D eigenvalue weighted by molar-refractivity contribution is -0.148. The SMILES string of the molecule is CC(C)OC(=O)CC(NC(=O)CNC(=O)Cc1ccccc1)c1ccccc1. The Bertz CT molecular complexity index is 776. The number of esters is 1. The zero-order valence-corrected chi connectivity index (χ0v) is 16.2. The average Bonchev–Trinajstić information content (AvgIpc) is 2.67. The first-order valence-corrected chi connectivity index (χ1v) is 9.28. The van der Waals surface area contributed by atoms with Crippen molar-refractivity contribution in [2.24, 2.45) is 0 Å².